The average molecular weight is 156 g/mol. The van der Waals surface area contributed by atoms with Gasteiger partial charge in [0.1, 0.15) is 0 Å². The molecule has 1 fully saturated rings. The van der Waals surface area contributed by atoms with Gasteiger partial charge in [-0.25, -0.2) is 0 Å². The van der Waals surface area contributed by atoms with Gasteiger partial charge in [-0.2, -0.15) is 0 Å². The summed E-state index contributed by atoms with van der Waals surface area (Å²) in [5.74, 6) is 0. The Morgan fingerprint density at radius 3 is 2.18 bits per heavy atom. The van der Waals surface area contributed by atoms with Crippen molar-refractivity contribution >= 4 is 0 Å². The van der Waals surface area contributed by atoms with E-state index in [2.05, 4.69) is 11.9 Å². The molecule has 0 spiro atoms. The topological polar surface area (TPSA) is 29.3 Å². The molecular weight excluding hydrogens is 136 g/mol. The van der Waals surface area contributed by atoms with Crippen LogP contribution in [-0.2, 0) is 0 Å². The lowest BCUT2D eigenvalue weighted by Gasteiger charge is -2.24. The summed E-state index contributed by atoms with van der Waals surface area (Å²) in [5.41, 5.74) is 5.58. The van der Waals surface area contributed by atoms with Crippen molar-refractivity contribution in [1.82, 2.24) is 4.90 Å². The molecule has 2 N–H and O–H groups in total. The summed E-state index contributed by atoms with van der Waals surface area (Å²) >= 11 is 0. The zero-order chi connectivity index (χ0) is 8.10. The van der Waals surface area contributed by atoms with Crippen LogP contribution in [-0.4, -0.2) is 24.7 Å². The third kappa shape index (κ3) is 2.80. The Labute approximate surface area is 69.8 Å². The van der Waals surface area contributed by atoms with E-state index in [0.717, 1.165) is 6.04 Å². The number of hydrogen-bond acceptors (Lipinski definition) is 2. The van der Waals surface area contributed by atoms with E-state index >= 15 is 0 Å². The molecule has 0 aromatic carbocycles. The van der Waals surface area contributed by atoms with Gasteiger partial charge in [0, 0.05) is 12.7 Å². The fourth-order valence-corrected chi connectivity index (χ4v) is 1.85. The van der Waals surface area contributed by atoms with Crippen molar-refractivity contribution in [2.75, 3.05) is 13.7 Å². The molecule has 2 heteroatoms. The minimum absolute atomic E-state index is 0.713. The minimum atomic E-state index is 0.713. The Morgan fingerprint density at radius 1 is 1.18 bits per heavy atom. The quantitative estimate of drug-likeness (QED) is 0.485. The zero-order valence-corrected chi connectivity index (χ0v) is 7.55. The largest absolute Gasteiger partial charge is 0.318 e. The highest BCUT2D eigenvalue weighted by molar-refractivity contribution is 4.70. The highest BCUT2D eigenvalue weighted by atomic mass is 15.2. The summed E-state index contributed by atoms with van der Waals surface area (Å²) in [6, 6.07) is 0.766. The molecule has 0 bridgehead atoms. The van der Waals surface area contributed by atoms with E-state index in [1.807, 2.05) is 0 Å². The first-order valence-corrected chi connectivity index (χ1v) is 4.75. The molecule has 0 atom stereocenters. The lowest BCUT2D eigenvalue weighted by Crippen LogP contribution is -2.35. The number of rotatable bonds is 2. The van der Waals surface area contributed by atoms with Gasteiger partial charge >= 0.3 is 0 Å². The van der Waals surface area contributed by atoms with Gasteiger partial charge in [-0.1, -0.05) is 25.7 Å². The molecule has 2 nitrogen and oxygen atoms in total. The average Bonchev–Trinajstić information content (AvgIpc) is 2.30. The molecule has 1 aliphatic carbocycles. The van der Waals surface area contributed by atoms with E-state index in [4.69, 9.17) is 5.73 Å². The number of nitrogens with two attached hydrogens (primary N) is 1. The molecule has 1 saturated carbocycles. The second-order valence-corrected chi connectivity index (χ2v) is 3.58. The van der Waals surface area contributed by atoms with Gasteiger partial charge in [-0.15, -0.1) is 0 Å². The van der Waals surface area contributed by atoms with Crippen molar-refractivity contribution in [1.29, 1.82) is 0 Å². The summed E-state index contributed by atoms with van der Waals surface area (Å²) in [7, 11) is 2.13. The highest BCUT2D eigenvalue weighted by Crippen LogP contribution is 2.20. The number of hydrogen-bond donors (Lipinski definition) is 1. The smallest absolute Gasteiger partial charge is 0.0455 e. The van der Waals surface area contributed by atoms with E-state index in [9.17, 15) is 0 Å². The molecule has 1 aliphatic rings. The van der Waals surface area contributed by atoms with E-state index in [-0.39, 0.29) is 0 Å². The Balaban J connectivity index is 2.30. The molecule has 0 unspecified atom stereocenters. The standard InChI is InChI=1S/C9H20N2/c1-11(8-10)9-6-4-2-3-5-7-9/h9H,2-8,10H2,1H3. The Kier molecular flexibility index (Phi) is 3.87. The van der Waals surface area contributed by atoms with Crippen LogP contribution in [0.4, 0.5) is 0 Å². The minimum Gasteiger partial charge on any atom is -0.318 e. The summed E-state index contributed by atoms with van der Waals surface area (Å²) in [5, 5.41) is 0. The fraction of sp³-hybridized carbons (Fsp3) is 1.00. The maximum Gasteiger partial charge on any atom is 0.0455 e. The van der Waals surface area contributed by atoms with Gasteiger partial charge < -0.3 is 5.73 Å². The summed E-state index contributed by atoms with van der Waals surface area (Å²) in [6.45, 7) is 0.713. The maximum atomic E-state index is 5.58. The first kappa shape index (κ1) is 9.01. The normalized spacial score (nSPS) is 22.1. The molecule has 0 radical (unpaired) electrons. The van der Waals surface area contributed by atoms with E-state index in [0.29, 0.717) is 6.67 Å². The monoisotopic (exact) mass is 156 g/mol. The summed E-state index contributed by atoms with van der Waals surface area (Å²) < 4.78 is 0. The predicted octanol–water partition coefficient (Wildman–Crippen LogP) is 1.56. The molecule has 0 amide bonds. The van der Waals surface area contributed by atoms with Crippen LogP contribution in [0.3, 0.4) is 0 Å². The second kappa shape index (κ2) is 4.73. The van der Waals surface area contributed by atoms with Crippen molar-refractivity contribution in [2.45, 2.75) is 44.6 Å². The van der Waals surface area contributed by atoms with Crippen molar-refractivity contribution in [3.05, 3.63) is 0 Å². The van der Waals surface area contributed by atoms with E-state index in [1.165, 1.54) is 38.5 Å². The molecule has 0 heterocycles. The molecule has 66 valence electrons. The lowest BCUT2D eigenvalue weighted by molar-refractivity contribution is 0.227. The van der Waals surface area contributed by atoms with Gasteiger partial charge in [-0.3, -0.25) is 4.90 Å². The first-order chi connectivity index (χ1) is 5.34. The third-order valence-electron chi connectivity index (χ3n) is 2.74. The first-order valence-electron chi connectivity index (χ1n) is 4.75. The molecular formula is C9H20N2. The Bertz CT molecular complexity index is 95.7. The van der Waals surface area contributed by atoms with Crippen molar-refractivity contribution < 1.29 is 0 Å². The molecule has 0 aliphatic heterocycles. The van der Waals surface area contributed by atoms with Crippen LogP contribution >= 0.6 is 0 Å². The Morgan fingerprint density at radius 2 is 1.73 bits per heavy atom. The Hall–Kier alpha value is -0.0800. The lowest BCUT2D eigenvalue weighted by atomic mass is 10.1. The molecule has 11 heavy (non-hydrogen) atoms. The second-order valence-electron chi connectivity index (χ2n) is 3.58. The zero-order valence-electron chi connectivity index (χ0n) is 7.55. The van der Waals surface area contributed by atoms with Crippen LogP contribution in [0.25, 0.3) is 0 Å². The maximum absolute atomic E-state index is 5.58. The van der Waals surface area contributed by atoms with E-state index in [1.54, 1.807) is 0 Å². The molecule has 0 aromatic rings. The van der Waals surface area contributed by atoms with Gasteiger partial charge in [-0.05, 0) is 19.9 Å². The van der Waals surface area contributed by atoms with Crippen molar-refractivity contribution in [3.63, 3.8) is 0 Å². The molecule has 0 saturated heterocycles. The SMILES string of the molecule is CN(CN)C1CCCCCC1. The highest BCUT2D eigenvalue weighted by Gasteiger charge is 2.14. The van der Waals surface area contributed by atoms with Crippen molar-refractivity contribution in [3.8, 4) is 0 Å². The van der Waals surface area contributed by atoms with Crippen LogP contribution in [0.5, 0.6) is 0 Å². The fourth-order valence-electron chi connectivity index (χ4n) is 1.85. The summed E-state index contributed by atoms with van der Waals surface area (Å²) in [4.78, 5) is 2.28. The summed E-state index contributed by atoms with van der Waals surface area (Å²) in [6.07, 6.45) is 8.36. The van der Waals surface area contributed by atoms with Crippen molar-refractivity contribution in [2.24, 2.45) is 5.73 Å². The van der Waals surface area contributed by atoms with Crippen LogP contribution in [0.15, 0.2) is 0 Å². The van der Waals surface area contributed by atoms with Gasteiger partial charge in [0.2, 0.25) is 0 Å². The van der Waals surface area contributed by atoms with Crippen LogP contribution in [0, 0.1) is 0 Å². The van der Waals surface area contributed by atoms with Crippen LogP contribution in [0.2, 0.25) is 0 Å². The van der Waals surface area contributed by atoms with Crippen LogP contribution in [0.1, 0.15) is 38.5 Å². The molecule has 0 aromatic heterocycles. The third-order valence-corrected chi connectivity index (χ3v) is 2.74. The van der Waals surface area contributed by atoms with Crippen LogP contribution < -0.4 is 5.73 Å². The number of nitrogens with zero attached hydrogens (tertiary/aromatic N) is 1. The van der Waals surface area contributed by atoms with Gasteiger partial charge in [0.25, 0.3) is 0 Å². The van der Waals surface area contributed by atoms with E-state index < -0.39 is 0 Å². The molecule has 1 rings (SSSR count). The van der Waals surface area contributed by atoms with Gasteiger partial charge in [0.05, 0.1) is 0 Å². The van der Waals surface area contributed by atoms with Gasteiger partial charge in [0.15, 0.2) is 0 Å². The predicted molar refractivity (Wildman–Crippen MR) is 48.3 cm³/mol.